The predicted molar refractivity (Wildman–Crippen MR) is 59.9 cm³/mol. The quantitative estimate of drug-likeness (QED) is 0.839. The Morgan fingerprint density at radius 2 is 2.31 bits per heavy atom. The zero-order chi connectivity index (χ0) is 9.84. The molecule has 1 aromatic carbocycles. The van der Waals surface area contributed by atoms with E-state index in [1.807, 2.05) is 24.3 Å². The van der Waals surface area contributed by atoms with Gasteiger partial charge in [-0.2, -0.15) is 0 Å². The maximum Gasteiger partial charge on any atom is 0.325 e. The third kappa shape index (κ3) is 3.22. The van der Waals surface area contributed by atoms with Crippen LogP contribution in [0.3, 0.4) is 0 Å². The summed E-state index contributed by atoms with van der Waals surface area (Å²) in [6, 6.07) is 7.04. The van der Waals surface area contributed by atoms with Crippen LogP contribution in [0.25, 0.3) is 0 Å². The maximum atomic E-state index is 10.5. The second-order valence-electron chi connectivity index (χ2n) is 2.71. The van der Waals surface area contributed by atoms with Crippen LogP contribution in [0.2, 0.25) is 0 Å². The number of carbonyl (C=O) groups is 1. The van der Waals surface area contributed by atoms with Gasteiger partial charge < -0.3 is 10.4 Å². The highest BCUT2D eigenvalue weighted by Gasteiger charge is 2.09. The molecule has 13 heavy (non-hydrogen) atoms. The average molecular weight is 291 g/mol. The van der Waals surface area contributed by atoms with Crippen molar-refractivity contribution in [3.8, 4) is 0 Å². The van der Waals surface area contributed by atoms with Crippen LogP contribution in [-0.4, -0.2) is 17.1 Å². The Kier molecular flexibility index (Phi) is 3.53. The minimum Gasteiger partial charge on any atom is -0.480 e. The van der Waals surface area contributed by atoms with E-state index in [9.17, 15) is 4.79 Å². The molecule has 1 rings (SSSR count). The summed E-state index contributed by atoms with van der Waals surface area (Å²) in [5, 5.41) is 11.5. The van der Waals surface area contributed by atoms with E-state index in [1.54, 1.807) is 6.92 Å². The van der Waals surface area contributed by atoms with Crippen LogP contribution in [0.15, 0.2) is 24.3 Å². The molecule has 4 heteroatoms. The zero-order valence-corrected chi connectivity index (χ0v) is 9.28. The lowest BCUT2D eigenvalue weighted by Gasteiger charge is -2.10. The minimum atomic E-state index is -0.848. The first-order valence-corrected chi connectivity index (χ1v) is 4.92. The number of hydrogen-bond donors (Lipinski definition) is 2. The summed E-state index contributed by atoms with van der Waals surface area (Å²) < 4.78 is 1.08. The molecule has 70 valence electrons. The summed E-state index contributed by atoms with van der Waals surface area (Å²) >= 11 is 2.18. The van der Waals surface area contributed by atoms with Crippen LogP contribution >= 0.6 is 22.6 Å². The van der Waals surface area contributed by atoms with E-state index in [-0.39, 0.29) is 0 Å². The van der Waals surface area contributed by atoms with Crippen LogP contribution in [0.4, 0.5) is 5.69 Å². The molecule has 0 aromatic heterocycles. The van der Waals surface area contributed by atoms with E-state index in [4.69, 9.17) is 5.11 Å². The highest BCUT2D eigenvalue weighted by molar-refractivity contribution is 14.1. The number of benzene rings is 1. The first-order valence-electron chi connectivity index (χ1n) is 3.84. The Balaban J connectivity index is 2.69. The Morgan fingerprint density at radius 1 is 1.62 bits per heavy atom. The van der Waals surface area contributed by atoms with Crippen LogP contribution in [0.5, 0.6) is 0 Å². The highest BCUT2D eigenvalue weighted by atomic mass is 127. The van der Waals surface area contributed by atoms with Crippen molar-refractivity contribution in [2.75, 3.05) is 5.32 Å². The summed E-state index contributed by atoms with van der Waals surface area (Å²) in [4.78, 5) is 10.5. The molecule has 0 aliphatic rings. The van der Waals surface area contributed by atoms with E-state index in [1.165, 1.54) is 0 Å². The molecule has 1 atom stereocenters. The molecular formula is C9H10INO2. The second-order valence-corrected chi connectivity index (χ2v) is 3.96. The molecule has 0 fully saturated rings. The smallest absolute Gasteiger partial charge is 0.325 e. The fourth-order valence-corrected chi connectivity index (χ4v) is 1.43. The van der Waals surface area contributed by atoms with Crippen LogP contribution in [-0.2, 0) is 4.79 Å². The van der Waals surface area contributed by atoms with Crippen molar-refractivity contribution < 1.29 is 9.90 Å². The van der Waals surface area contributed by atoms with Crippen LogP contribution in [0.1, 0.15) is 6.92 Å². The van der Waals surface area contributed by atoms with Crippen molar-refractivity contribution in [1.29, 1.82) is 0 Å². The van der Waals surface area contributed by atoms with Gasteiger partial charge in [0.25, 0.3) is 0 Å². The van der Waals surface area contributed by atoms with Gasteiger partial charge in [0.05, 0.1) is 0 Å². The number of carboxylic acids is 1. The van der Waals surface area contributed by atoms with Gasteiger partial charge in [-0.3, -0.25) is 4.79 Å². The zero-order valence-electron chi connectivity index (χ0n) is 7.12. The molecule has 0 aliphatic heterocycles. The number of hydrogen-bond acceptors (Lipinski definition) is 2. The van der Waals surface area contributed by atoms with Crippen molar-refractivity contribution in [2.24, 2.45) is 0 Å². The van der Waals surface area contributed by atoms with Crippen LogP contribution in [0, 0.1) is 3.57 Å². The Labute approximate surface area is 90.3 Å². The van der Waals surface area contributed by atoms with Crippen molar-refractivity contribution in [3.05, 3.63) is 27.8 Å². The molecule has 3 nitrogen and oxygen atoms in total. The van der Waals surface area contributed by atoms with Gasteiger partial charge in [0, 0.05) is 9.26 Å². The molecule has 0 saturated carbocycles. The topological polar surface area (TPSA) is 49.3 Å². The lowest BCUT2D eigenvalue weighted by atomic mass is 10.3. The molecule has 0 saturated heterocycles. The van der Waals surface area contributed by atoms with Gasteiger partial charge in [-0.25, -0.2) is 0 Å². The Morgan fingerprint density at radius 3 is 2.85 bits per heavy atom. The number of aliphatic carboxylic acids is 1. The molecule has 0 unspecified atom stereocenters. The van der Waals surface area contributed by atoms with Crippen molar-refractivity contribution in [1.82, 2.24) is 0 Å². The van der Waals surface area contributed by atoms with Crippen molar-refractivity contribution in [2.45, 2.75) is 13.0 Å². The molecular weight excluding hydrogens is 281 g/mol. The summed E-state index contributed by atoms with van der Waals surface area (Å²) in [5.74, 6) is -0.848. The fraction of sp³-hybridized carbons (Fsp3) is 0.222. The molecule has 0 amide bonds. The third-order valence-corrected chi connectivity index (χ3v) is 2.25. The number of nitrogens with one attached hydrogen (secondary N) is 1. The Hall–Kier alpha value is -0.780. The maximum absolute atomic E-state index is 10.5. The van der Waals surface area contributed by atoms with Gasteiger partial charge in [0.2, 0.25) is 0 Å². The normalized spacial score (nSPS) is 12.2. The van der Waals surface area contributed by atoms with E-state index < -0.39 is 12.0 Å². The van der Waals surface area contributed by atoms with Gasteiger partial charge in [-0.15, -0.1) is 0 Å². The lowest BCUT2D eigenvalue weighted by Crippen LogP contribution is -2.25. The monoisotopic (exact) mass is 291 g/mol. The van der Waals surface area contributed by atoms with Gasteiger partial charge in [-0.05, 0) is 47.7 Å². The molecule has 0 aliphatic carbocycles. The first kappa shape index (κ1) is 10.3. The lowest BCUT2D eigenvalue weighted by molar-refractivity contribution is -0.137. The molecule has 0 bridgehead atoms. The second kappa shape index (κ2) is 4.45. The van der Waals surface area contributed by atoms with Crippen molar-refractivity contribution in [3.63, 3.8) is 0 Å². The van der Waals surface area contributed by atoms with Gasteiger partial charge in [0.1, 0.15) is 6.04 Å². The fourth-order valence-electron chi connectivity index (χ4n) is 0.890. The summed E-state index contributed by atoms with van der Waals surface area (Å²) in [6.45, 7) is 1.61. The molecule has 0 spiro atoms. The molecule has 0 radical (unpaired) electrons. The number of rotatable bonds is 3. The summed E-state index contributed by atoms with van der Waals surface area (Å²) in [6.07, 6.45) is 0. The van der Waals surface area contributed by atoms with E-state index in [0.717, 1.165) is 9.26 Å². The summed E-state index contributed by atoms with van der Waals surface area (Å²) in [5.41, 5.74) is 0.835. The Bertz CT molecular complexity index is 314. The number of carboxylic acid groups (broad SMARTS) is 1. The minimum absolute atomic E-state index is 0.557. The SMILES string of the molecule is C[C@H](Nc1cccc(I)c1)C(=O)O. The number of anilines is 1. The summed E-state index contributed by atoms with van der Waals surface area (Å²) in [7, 11) is 0. The largest absolute Gasteiger partial charge is 0.480 e. The number of halogens is 1. The van der Waals surface area contributed by atoms with E-state index in [2.05, 4.69) is 27.9 Å². The van der Waals surface area contributed by atoms with E-state index >= 15 is 0 Å². The predicted octanol–water partition coefficient (Wildman–Crippen LogP) is 2.18. The van der Waals surface area contributed by atoms with Crippen LogP contribution < -0.4 is 5.32 Å². The highest BCUT2D eigenvalue weighted by Crippen LogP contribution is 2.13. The standard InChI is InChI=1S/C9H10INO2/c1-6(9(12)13)11-8-4-2-3-7(10)5-8/h2-6,11H,1H3,(H,12,13)/t6-/m0/s1. The van der Waals surface area contributed by atoms with Gasteiger partial charge in [-0.1, -0.05) is 6.07 Å². The third-order valence-electron chi connectivity index (χ3n) is 1.58. The van der Waals surface area contributed by atoms with Gasteiger partial charge >= 0.3 is 5.97 Å². The average Bonchev–Trinajstić information content (AvgIpc) is 2.04. The van der Waals surface area contributed by atoms with Gasteiger partial charge in [0.15, 0.2) is 0 Å². The van der Waals surface area contributed by atoms with Crippen molar-refractivity contribution >= 4 is 34.2 Å². The molecule has 0 heterocycles. The van der Waals surface area contributed by atoms with E-state index in [0.29, 0.717) is 0 Å². The molecule has 2 N–H and O–H groups in total. The first-order chi connectivity index (χ1) is 6.09. The molecule has 1 aromatic rings.